The van der Waals surface area contributed by atoms with Gasteiger partial charge in [0, 0.05) is 0 Å². The lowest BCUT2D eigenvalue weighted by molar-refractivity contribution is -0.139. The van der Waals surface area contributed by atoms with Crippen LogP contribution >= 0.6 is 0 Å². The van der Waals surface area contributed by atoms with Crippen molar-refractivity contribution in [3.8, 4) is 0 Å². The lowest BCUT2D eigenvalue weighted by Crippen LogP contribution is -2.50. The molecule has 0 spiro atoms. The van der Waals surface area contributed by atoms with Crippen LogP contribution in [0.3, 0.4) is 0 Å². The number of carbonyl (C=O) groups is 3. The topological polar surface area (TPSA) is 140 Å². The van der Waals surface area contributed by atoms with Gasteiger partial charge in [-0.3, -0.25) is 4.72 Å². The SMILES string of the molecule is CCOC(=O)C1=C(COC(=O)c2ccccc2NS(C)(=O)=O)NC(=O)NC1C. The van der Waals surface area contributed by atoms with Crippen LogP contribution in [-0.2, 0) is 24.3 Å². The highest BCUT2D eigenvalue weighted by molar-refractivity contribution is 7.92. The van der Waals surface area contributed by atoms with Crippen molar-refractivity contribution >= 4 is 33.7 Å². The summed E-state index contributed by atoms with van der Waals surface area (Å²) in [4.78, 5) is 36.3. The molecule has 1 aliphatic heterocycles. The van der Waals surface area contributed by atoms with Gasteiger partial charge in [-0.15, -0.1) is 0 Å². The molecular formula is C17H21N3O7S. The van der Waals surface area contributed by atoms with Crippen molar-refractivity contribution in [1.29, 1.82) is 0 Å². The Morgan fingerprint density at radius 2 is 1.86 bits per heavy atom. The number of ether oxygens (including phenoxy) is 2. The third kappa shape index (κ3) is 5.46. The summed E-state index contributed by atoms with van der Waals surface area (Å²) in [5, 5.41) is 4.96. The van der Waals surface area contributed by atoms with Gasteiger partial charge in [0.25, 0.3) is 0 Å². The van der Waals surface area contributed by atoms with E-state index < -0.39 is 40.6 Å². The van der Waals surface area contributed by atoms with Crippen LogP contribution in [0.4, 0.5) is 10.5 Å². The maximum absolute atomic E-state index is 12.4. The van der Waals surface area contributed by atoms with Gasteiger partial charge in [0.15, 0.2) is 0 Å². The number of benzene rings is 1. The number of para-hydroxylation sites is 1. The smallest absolute Gasteiger partial charge is 0.340 e. The molecule has 0 radical (unpaired) electrons. The van der Waals surface area contributed by atoms with E-state index in [2.05, 4.69) is 15.4 Å². The zero-order valence-corrected chi connectivity index (χ0v) is 16.4. The van der Waals surface area contributed by atoms with Gasteiger partial charge in [0.05, 0.1) is 41.4 Å². The summed E-state index contributed by atoms with van der Waals surface area (Å²) < 4.78 is 35.3. The first kappa shape index (κ1) is 21.2. The number of amides is 2. The molecule has 1 heterocycles. The number of nitrogens with one attached hydrogen (secondary N) is 3. The third-order valence-electron chi connectivity index (χ3n) is 3.66. The summed E-state index contributed by atoms with van der Waals surface area (Å²) >= 11 is 0. The van der Waals surface area contributed by atoms with Crippen molar-refractivity contribution < 1.29 is 32.3 Å². The zero-order chi connectivity index (χ0) is 20.9. The van der Waals surface area contributed by atoms with Gasteiger partial charge in [-0.25, -0.2) is 22.8 Å². The van der Waals surface area contributed by atoms with Gasteiger partial charge in [-0.1, -0.05) is 12.1 Å². The van der Waals surface area contributed by atoms with Crippen LogP contribution in [0.25, 0.3) is 0 Å². The molecule has 1 aromatic carbocycles. The Morgan fingerprint density at radius 1 is 1.18 bits per heavy atom. The molecule has 0 aromatic heterocycles. The van der Waals surface area contributed by atoms with E-state index in [9.17, 15) is 22.8 Å². The third-order valence-corrected chi connectivity index (χ3v) is 4.25. The van der Waals surface area contributed by atoms with Crippen LogP contribution in [-0.4, -0.2) is 51.9 Å². The fourth-order valence-electron chi connectivity index (χ4n) is 2.56. The van der Waals surface area contributed by atoms with Crippen LogP contribution in [0.2, 0.25) is 0 Å². The Kier molecular flexibility index (Phi) is 6.62. The van der Waals surface area contributed by atoms with Crippen molar-refractivity contribution in [2.24, 2.45) is 0 Å². The Hall–Kier alpha value is -3.08. The minimum atomic E-state index is -3.60. The molecule has 1 aromatic rings. The second-order valence-electron chi connectivity index (χ2n) is 5.93. The number of sulfonamides is 1. The zero-order valence-electron chi connectivity index (χ0n) is 15.6. The molecule has 1 unspecified atom stereocenters. The second kappa shape index (κ2) is 8.74. The number of rotatable bonds is 7. The van der Waals surface area contributed by atoms with Crippen LogP contribution in [0.5, 0.6) is 0 Å². The Balaban J connectivity index is 2.24. The highest BCUT2D eigenvalue weighted by Gasteiger charge is 2.30. The van der Waals surface area contributed by atoms with Crippen molar-refractivity contribution in [3.63, 3.8) is 0 Å². The van der Waals surface area contributed by atoms with Gasteiger partial charge >= 0.3 is 18.0 Å². The van der Waals surface area contributed by atoms with E-state index in [1.165, 1.54) is 12.1 Å². The van der Waals surface area contributed by atoms with Gasteiger partial charge in [0.1, 0.15) is 6.61 Å². The summed E-state index contributed by atoms with van der Waals surface area (Å²) in [7, 11) is -3.60. The minimum Gasteiger partial charge on any atom is -0.463 e. The van der Waals surface area contributed by atoms with Crippen LogP contribution in [0, 0.1) is 0 Å². The van der Waals surface area contributed by atoms with Crippen LogP contribution in [0.15, 0.2) is 35.5 Å². The fourth-order valence-corrected chi connectivity index (χ4v) is 3.14. The molecule has 0 saturated heterocycles. The highest BCUT2D eigenvalue weighted by atomic mass is 32.2. The Morgan fingerprint density at radius 3 is 2.50 bits per heavy atom. The number of hydrogen-bond acceptors (Lipinski definition) is 7. The molecule has 0 saturated carbocycles. The molecule has 1 aliphatic rings. The molecule has 0 aliphatic carbocycles. The standard InChI is InChI=1S/C17H21N3O7S/c1-4-26-16(22)14-10(2)18-17(23)19-13(14)9-27-15(21)11-7-5-6-8-12(11)20-28(3,24)25/h5-8,10,20H,4,9H2,1-3H3,(H2,18,19,23). The molecule has 0 bridgehead atoms. The summed E-state index contributed by atoms with van der Waals surface area (Å²) in [6.45, 7) is 2.97. The van der Waals surface area contributed by atoms with Gasteiger partial charge in [-0.2, -0.15) is 0 Å². The van der Waals surface area contributed by atoms with E-state index in [0.29, 0.717) is 0 Å². The summed E-state index contributed by atoms with van der Waals surface area (Å²) in [5.41, 5.74) is 0.269. The van der Waals surface area contributed by atoms with E-state index in [1.807, 2.05) is 0 Å². The van der Waals surface area contributed by atoms with Gasteiger partial charge < -0.3 is 20.1 Å². The molecule has 2 rings (SSSR count). The molecular weight excluding hydrogens is 390 g/mol. The van der Waals surface area contributed by atoms with Crippen molar-refractivity contribution in [2.45, 2.75) is 19.9 Å². The average molecular weight is 411 g/mol. The fraction of sp³-hybridized carbons (Fsp3) is 0.353. The predicted molar refractivity (Wildman–Crippen MR) is 100.0 cm³/mol. The number of urea groups is 1. The van der Waals surface area contributed by atoms with E-state index in [-0.39, 0.29) is 29.1 Å². The van der Waals surface area contributed by atoms with Crippen molar-refractivity contribution in [1.82, 2.24) is 10.6 Å². The number of anilines is 1. The Bertz CT molecular complexity index is 924. The molecule has 28 heavy (non-hydrogen) atoms. The first-order valence-electron chi connectivity index (χ1n) is 8.34. The molecule has 10 nitrogen and oxygen atoms in total. The minimum absolute atomic E-state index is 0.0143. The van der Waals surface area contributed by atoms with Crippen molar-refractivity contribution in [2.75, 3.05) is 24.2 Å². The molecule has 1 atom stereocenters. The monoisotopic (exact) mass is 411 g/mol. The quantitative estimate of drug-likeness (QED) is 0.562. The van der Waals surface area contributed by atoms with E-state index in [1.54, 1.807) is 26.0 Å². The number of hydrogen-bond donors (Lipinski definition) is 3. The lowest BCUT2D eigenvalue weighted by Gasteiger charge is -2.26. The molecule has 3 N–H and O–H groups in total. The van der Waals surface area contributed by atoms with Gasteiger partial charge in [0.2, 0.25) is 10.0 Å². The lowest BCUT2D eigenvalue weighted by atomic mass is 10.0. The molecule has 11 heteroatoms. The highest BCUT2D eigenvalue weighted by Crippen LogP contribution is 2.19. The second-order valence-corrected chi connectivity index (χ2v) is 7.68. The maximum atomic E-state index is 12.4. The maximum Gasteiger partial charge on any atom is 0.340 e. The summed E-state index contributed by atoms with van der Waals surface area (Å²) in [5.74, 6) is -1.48. The van der Waals surface area contributed by atoms with Crippen molar-refractivity contribution in [3.05, 3.63) is 41.1 Å². The van der Waals surface area contributed by atoms with Crippen LogP contribution < -0.4 is 15.4 Å². The Labute approximate surface area is 162 Å². The molecule has 152 valence electrons. The summed E-state index contributed by atoms with van der Waals surface area (Å²) in [6, 6.07) is 4.71. The number of carbonyl (C=O) groups excluding carboxylic acids is 3. The molecule has 2 amide bonds. The summed E-state index contributed by atoms with van der Waals surface area (Å²) in [6.07, 6.45) is 0.956. The average Bonchev–Trinajstić information content (AvgIpc) is 2.58. The first-order chi connectivity index (χ1) is 13.1. The normalized spacial score (nSPS) is 16.7. The van der Waals surface area contributed by atoms with Gasteiger partial charge in [-0.05, 0) is 26.0 Å². The van der Waals surface area contributed by atoms with E-state index >= 15 is 0 Å². The predicted octanol–water partition coefficient (Wildman–Crippen LogP) is 0.733. The first-order valence-corrected chi connectivity index (χ1v) is 10.2. The number of esters is 2. The van der Waals surface area contributed by atoms with E-state index in [4.69, 9.17) is 9.47 Å². The molecule has 0 fully saturated rings. The van der Waals surface area contributed by atoms with E-state index in [0.717, 1.165) is 6.26 Å². The largest absolute Gasteiger partial charge is 0.463 e. The van der Waals surface area contributed by atoms with Crippen LogP contribution in [0.1, 0.15) is 24.2 Å².